The van der Waals surface area contributed by atoms with Crippen LogP contribution in [-0.4, -0.2) is 88.4 Å². The van der Waals surface area contributed by atoms with E-state index in [4.69, 9.17) is 14.7 Å². The summed E-state index contributed by atoms with van der Waals surface area (Å²) < 4.78 is 6.17. The summed E-state index contributed by atoms with van der Waals surface area (Å²) in [6.45, 7) is 14.0. The second-order valence-electron chi connectivity index (χ2n) is 10.9. The molecule has 0 N–H and O–H groups in total. The van der Waals surface area contributed by atoms with E-state index in [1.807, 2.05) is 41.8 Å². The third-order valence-corrected chi connectivity index (χ3v) is 8.11. The molecule has 5 rings (SSSR count). The summed E-state index contributed by atoms with van der Waals surface area (Å²) in [5, 5.41) is 0. The molecular formula is C29H38N6O3. The first-order valence-electron chi connectivity index (χ1n) is 13.5. The highest BCUT2D eigenvalue weighted by molar-refractivity contribution is 5.96. The number of benzene rings is 1. The van der Waals surface area contributed by atoms with Crippen LogP contribution >= 0.6 is 0 Å². The summed E-state index contributed by atoms with van der Waals surface area (Å²) in [5.41, 5.74) is 4.54. The number of likely N-dealkylation sites (N-methyl/N-ethyl adjacent to an activating group) is 1. The molecule has 0 radical (unpaired) electrons. The number of rotatable bonds is 6. The molecule has 9 nitrogen and oxygen atoms in total. The Kier molecular flexibility index (Phi) is 7.38. The predicted molar refractivity (Wildman–Crippen MR) is 146 cm³/mol. The molecule has 1 aromatic heterocycles. The molecule has 1 aromatic carbocycles. The van der Waals surface area contributed by atoms with Gasteiger partial charge in [-0.25, -0.2) is 0 Å². The van der Waals surface area contributed by atoms with Crippen LogP contribution in [0.25, 0.3) is 0 Å². The van der Waals surface area contributed by atoms with Gasteiger partial charge in [0.2, 0.25) is 5.91 Å². The normalized spacial score (nSPS) is 21.5. The quantitative estimate of drug-likeness (QED) is 0.544. The molecule has 0 bridgehead atoms. The van der Waals surface area contributed by atoms with E-state index >= 15 is 0 Å². The number of hydrogen-bond acceptors (Lipinski definition) is 7. The van der Waals surface area contributed by atoms with E-state index in [2.05, 4.69) is 30.4 Å². The molecule has 202 valence electrons. The molecule has 3 aliphatic heterocycles. The fraction of sp³-hybridized carbons (Fsp3) is 0.517. The van der Waals surface area contributed by atoms with Crippen molar-refractivity contribution in [2.75, 3.05) is 44.7 Å². The lowest BCUT2D eigenvalue weighted by atomic mass is 10.0. The number of carbonyl (C=O) groups is 2. The van der Waals surface area contributed by atoms with Crippen molar-refractivity contribution < 1.29 is 14.3 Å². The van der Waals surface area contributed by atoms with Crippen LogP contribution in [0.4, 0.5) is 5.82 Å². The largest absolute Gasteiger partial charge is 0.462 e. The lowest BCUT2D eigenvalue weighted by molar-refractivity contribution is -0.126. The molecule has 38 heavy (non-hydrogen) atoms. The van der Waals surface area contributed by atoms with Gasteiger partial charge in [0.1, 0.15) is 12.4 Å². The van der Waals surface area contributed by atoms with Crippen molar-refractivity contribution in [2.45, 2.75) is 58.8 Å². The molecule has 2 fully saturated rings. The molecule has 3 aliphatic rings. The number of nitrogens with zero attached hydrogens (tertiary/aromatic N) is 6. The van der Waals surface area contributed by atoms with Crippen molar-refractivity contribution in [1.29, 1.82) is 0 Å². The Balaban J connectivity index is 1.43. The van der Waals surface area contributed by atoms with Crippen molar-refractivity contribution in [1.82, 2.24) is 24.7 Å². The molecule has 4 heterocycles. The van der Waals surface area contributed by atoms with Gasteiger partial charge >= 0.3 is 6.01 Å². The van der Waals surface area contributed by atoms with Gasteiger partial charge < -0.3 is 24.3 Å². The predicted octanol–water partition coefficient (Wildman–Crippen LogP) is 2.95. The number of piperazine rings is 1. The van der Waals surface area contributed by atoms with E-state index in [1.165, 1.54) is 12.5 Å². The fourth-order valence-corrected chi connectivity index (χ4v) is 5.76. The number of likely N-dealkylation sites (tertiary alicyclic amines) is 1. The zero-order chi connectivity index (χ0) is 27.0. The van der Waals surface area contributed by atoms with Crippen LogP contribution in [0.15, 0.2) is 30.9 Å². The first-order valence-corrected chi connectivity index (χ1v) is 13.5. The van der Waals surface area contributed by atoms with Crippen molar-refractivity contribution >= 4 is 17.6 Å². The number of aryl methyl sites for hydroxylation is 2. The van der Waals surface area contributed by atoms with Crippen LogP contribution in [-0.2, 0) is 17.9 Å². The van der Waals surface area contributed by atoms with Crippen LogP contribution in [0, 0.1) is 13.8 Å². The van der Waals surface area contributed by atoms with Gasteiger partial charge in [-0.1, -0.05) is 24.3 Å². The Hall–Kier alpha value is -3.46. The number of carbonyl (C=O) groups excluding carboxylic acids is 2. The Morgan fingerprint density at radius 2 is 1.95 bits per heavy atom. The molecule has 0 aliphatic carbocycles. The summed E-state index contributed by atoms with van der Waals surface area (Å²) in [6, 6.07) is 6.73. The first kappa shape index (κ1) is 26.2. The SMILES string of the molecule is C=CC(=O)N1CCN(c2nc(OC[C@@H]3CCCN3C)nc3c2CN(C(=O)c2cc(C)ccc2C)C3)[C@@H](C)C1. The number of amides is 2. The highest BCUT2D eigenvalue weighted by atomic mass is 16.5. The van der Waals surface area contributed by atoms with Gasteiger partial charge in [0, 0.05) is 42.8 Å². The number of hydrogen-bond donors (Lipinski definition) is 0. The smallest absolute Gasteiger partial charge is 0.318 e. The van der Waals surface area contributed by atoms with E-state index in [1.54, 1.807) is 0 Å². The minimum absolute atomic E-state index is 0.000328. The molecule has 0 unspecified atom stereocenters. The summed E-state index contributed by atoms with van der Waals surface area (Å²) in [7, 11) is 2.12. The van der Waals surface area contributed by atoms with Gasteiger partial charge in [-0.15, -0.1) is 0 Å². The van der Waals surface area contributed by atoms with Crippen molar-refractivity contribution in [3.8, 4) is 6.01 Å². The highest BCUT2D eigenvalue weighted by Crippen LogP contribution is 2.34. The van der Waals surface area contributed by atoms with E-state index in [-0.39, 0.29) is 17.9 Å². The van der Waals surface area contributed by atoms with Gasteiger partial charge in [0.25, 0.3) is 5.91 Å². The second kappa shape index (κ2) is 10.7. The Labute approximate surface area is 225 Å². The van der Waals surface area contributed by atoms with Gasteiger partial charge in [0.05, 0.1) is 18.8 Å². The molecule has 2 amide bonds. The van der Waals surface area contributed by atoms with E-state index in [0.29, 0.717) is 51.4 Å². The topological polar surface area (TPSA) is 82.1 Å². The van der Waals surface area contributed by atoms with Crippen molar-refractivity contribution in [3.05, 3.63) is 58.8 Å². The molecular weight excluding hydrogens is 480 g/mol. The van der Waals surface area contributed by atoms with Gasteiger partial charge in [-0.05, 0) is 64.9 Å². The first-order chi connectivity index (χ1) is 18.2. The molecule has 2 atom stereocenters. The van der Waals surface area contributed by atoms with Crippen molar-refractivity contribution in [2.24, 2.45) is 0 Å². The summed E-state index contributed by atoms with van der Waals surface area (Å²) in [4.78, 5) is 43.7. The fourth-order valence-electron chi connectivity index (χ4n) is 5.76. The Bertz CT molecular complexity index is 1250. The van der Waals surface area contributed by atoms with Crippen LogP contribution in [0.2, 0.25) is 0 Å². The maximum Gasteiger partial charge on any atom is 0.318 e. The van der Waals surface area contributed by atoms with Crippen LogP contribution in [0.1, 0.15) is 52.5 Å². The second-order valence-corrected chi connectivity index (χ2v) is 10.9. The molecule has 9 heteroatoms. The third kappa shape index (κ3) is 5.12. The van der Waals surface area contributed by atoms with Gasteiger partial charge in [-0.3, -0.25) is 9.59 Å². The molecule has 0 saturated carbocycles. The number of fused-ring (bicyclic) bond motifs is 1. The molecule has 0 spiro atoms. The average Bonchev–Trinajstić information content (AvgIpc) is 3.53. The minimum atomic E-state index is -0.0561. The summed E-state index contributed by atoms with van der Waals surface area (Å²) in [5.74, 6) is 0.748. The monoisotopic (exact) mass is 518 g/mol. The van der Waals surface area contributed by atoms with E-state index < -0.39 is 0 Å². The highest BCUT2D eigenvalue weighted by Gasteiger charge is 2.35. The molecule has 2 saturated heterocycles. The lowest BCUT2D eigenvalue weighted by Crippen LogP contribution is -2.54. The minimum Gasteiger partial charge on any atom is -0.462 e. The number of ether oxygens (including phenoxy) is 1. The van der Waals surface area contributed by atoms with E-state index in [0.717, 1.165) is 46.7 Å². The van der Waals surface area contributed by atoms with Crippen molar-refractivity contribution in [3.63, 3.8) is 0 Å². The number of anilines is 1. The average molecular weight is 519 g/mol. The number of aromatic nitrogens is 2. The zero-order valence-electron chi connectivity index (χ0n) is 22.9. The Morgan fingerprint density at radius 1 is 1.13 bits per heavy atom. The van der Waals surface area contributed by atoms with Gasteiger partial charge in [-0.2, -0.15) is 9.97 Å². The standard InChI is InChI=1S/C29H38N6O3/c1-6-26(36)33-12-13-35(21(4)15-33)27-24-16-34(28(37)23-14-19(2)9-10-20(23)3)17-25(24)30-29(31-27)38-18-22-8-7-11-32(22)5/h6,9-10,14,21-22H,1,7-8,11-13,15-18H2,2-5H3/t21-,22-/m0/s1. The third-order valence-electron chi connectivity index (χ3n) is 8.11. The van der Waals surface area contributed by atoms with Crippen LogP contribution in [0.5, 0.6) is 6.01 Å². The molecule has 2 aromatic rings. The Morgan fingerprint density at radius 3 is 2.66 bits per heavy atom. The van der Waals surface area contributed by atoms with Crippen LogP contribution in [0.3, 0.4) is 0 Å². The van der Waals surface area contributed by atoms with E-state index in [9.17, 15) is 9.59 Å². The van der Waals surface area contributed by atoms with Crippen LogP contribution < -0.4 is 9.64 Å². The lowest BCUT2D eigenvalue weighted by Gasteiger charge is -2.40. The van der Waals surface area contributed by atoms with Gasteiger partial charge in [0.15, 0.2) is 0 Å². The maximum absolute atomic E-state index is 13.6. The summed E-state index contributed by atoms with van der Waals surface area (Å²) in [6.07, 6.45) is 3.64. The maximum atomic E-state index is 13.6. The summed E-state index contributed by atoms with van der Waals surface area (Å²) >= 11 is 0. The zero-order valence-corrected chi connectivity index (χ0v) is 22.9.